The average Bonchev–Trinajstić information content (AvgIpc) is 3.64. The monoisotopic (exact) mass is 705 g/mol. The number of fused-ring (bicyclic) bond motifs is 2. The van der Waals surface area contributed by atoms with Crippen LogP contribution in [0.5, 0.6) is 0 Å². The van der Waals surface area contributed by atoms with Crippen LogP contribution in [0.1, 0.15) is 56.8 Å². The first-order valence-corrected chi connectivity index (χ1v) is 16.8. The zero-order valence-electron chi connectivity index (χ0n) is 26.7. The molecule has 4 aliphatic heterocycles. The van der Waals surface area contributed by atoms with Crippen molar-refractivity contribution < 1.29 is 33.8 Å². The van der Waals surface area contributed by atoms with Crippen molar-refractivity contribution in [2.24, 2.45) is 11.8 Å². The Balaban J connectivity index is 1.50. The number of esters is 1. The molecule has 0 saturated carbocycles. The first kappa shape index (κ1) is 33.1. The second kappa shape index (κ2) is 13.0. The highest BCUT2D eigenvalue weighted by molar-refractivity contribution is 9.11. The zero-order chi connectivity index (χ0) is 33.5. The van der Waals surface area contributed by atoms with Crippen molar-refractivity contribution in [3.05, 3.63) is 94.5 Å². The summed E-state index contributed by atoms with van der Waals surface area (Å²) in [6.45, 7) is 5.41. The maximum absolute atomic E-state index is 15.0. The number of amides is 3. The average molecular weight is 707 g/mol. The quantitative estimate of drug-likeness (QED) is 0.364. The summed E-state index contributed by atoms with van der Waals surface area (Å²) < 4.78 is 12.9. The molecule has 0 aliphatic carbocycles. The third-order valence-corrected chi connectivity index (χ3v) is 10.2. The van der Waals surface area contributed by atoms with Gasteiger partial charge < -0.3 is 29.7 Å². The van der Waals surface area contributed by atoms with Gasteiger partial charge >= 0.3 is 5.97 Å². The molecule has 3 amide bonds. The van der Waals surface area contributed by atoms with Gasteiger partial charge in [0.05, 0.1) is 30.5 Å². The van der Waals surface area contributed by atoms with Crippen LogP contribution in [-0.2, 0) is 28.7 Å². The van der Waals surface area contributed by atoms with Gasteiger partial charge in [0.2, 0.25) is 17.7 Å². The lowest BCUT2D eigenvalue weighted by molar-refractivity contribution is -0.153. The second-order valence-corrected chi connectivity index (χ2v) is 14.4. The zero-order valence-corrected chi connectivity index (χ0v) is 28.3. The van der Waals surface area contributed by atoms with E-state index in [-0.39, 0.29) is 25.5 Å². The van der Waals surface area contributed by atoms with Crippen LogP contribution in [0, 0.1) is 11.8 Å². The Bertz CT molecular complexity index is 1590. The molecule has 11 heteroatoms. The molecule has 6 rings (SSSR count). The maximum atomic E-state index is 15.0. The van der Waals surface area contributed by atoms with E-state index in [1.54, 1.807) is 11.0 Å². The van der Waals surface area contributed by atoms with Crippen LogP contribution in [0.25, 0.3) is 0 Å². The Hall–Kier alpha value is -3.80. The molecular formula is C36H40BrN3O7. The molecule has 47 heavy (non-hydrogen) atoms. The van der Waals surface area contributed by atoms with Crippen LogP contribution in [0.2, 0.25) is 0 Å². The molecule has 2 saturated heterocycles. The fourth-order valence-electron chi connectivity index (χ4n) is 7.36. The van der Waals surface area contributed by atoms with Crippen molar-refractivity contribution in [2.45, 2.75) is 69.0 Å². The van der Waals surface area contributed by atoms with E-state index in [2.05, 4.69) is 21.2 Å². The number of carbonyl (C=O) groups is 4. The summed E-state index contributed by atoms with van der Waals surface area (Å²) in [6, 6.07) is 15.6. The van der Waals surface area contributed by atoms with Crippen LogP contribution < -0.4 is 5.32 Å². The fourth-order valence-corrected chi connectivity index (χ4v) is 8.10. The molecule has 1 spiro atoms. The van der Waals surface area contributed by atoms with Gasteiger partial charge in [-0.2, -0.15) is 0 Å². The van der Waals surface area contributed by atoms with E-state index in [1.807, 2.05) is 93.6 Å². The third-order valence-electron chi connectivity index (χ3n) is 9.57. The lowest BCUT2D eigenvalue weighted by atomic mass is 9.73. The molecular weight excluding hydrogens is 666 g/mol. The van der Waals surface area contributed by atoms with Crippen molar-refractivity contribution in [1.82, 2.24) is 15.1 Å². The molecule has 0 unspecified atom stereocenters. The Morgan fingerprint density at radius 1 is 1.00 bits per heavy atom. The summed E-state index contributed by atoms with van der Waals surface area (Å²) in [6.07, 6.45) is 5.17. The number of ether oxygens (including phenoxy) is 2. The highest BCUT2D eigenvalue weighted by Crippen LogP contribution is 2.60. The van der Waals surface area contributed by atoms with Gasteiger partial charge in [0.15, 0.2) is 0 Å². The summed E-state index contributed by atoms with van der Waals surface area (Å²) in [5.41, 5.74) is -0.757. The molecule has 0 aromatic heterocycles. The molecule has 7 atom stereocenters. The molecule has 248 valence electrons. The topological polar surface area (TPSA) is 125 Å². The summed E-state index contributed by atoms with van der Waals surface area (Å²) in [5.74, 6) is -3.73. The van der Waals surface area contributed by atoms with Crippen LogP contribution in [-0.4, -0.2) is 81.6 Å². The maximum Gasteiger partial charge on any atom is 0.306 e. The highest BCUT2D eigenvalue weighted by Gasteiger charge is 2.75. The van der Waals surface area contributed by atoms with Crippen molar-refractivity contribution in [2.75, 3.05) is 19.8 Å². The number of rotatable bonds is 4. The number of aliphatic hydroxyl groups is 1. The van der Waals surface area contributed by atoms with Gasteiger partial charge in [0, 0.05) is 23.0 Å². The van der Waals surface area contributed by atoms with Crippen LogP contribution in [0.4, 0.5) is 0 Å². The number of halogens is 1. The number of hydrogen-bond donors (Lipinski definition) is 2. The van der Waals surface area contributed by atoms with E-state index < -0.39 is 71.6 Å². The molecule has 0 radical (unpaired) electrons. The number of cyclic esters (lactones) is 1. The fraction of sp³-hybridized carbons (Fsp3) is 0.444. The largest absolute Gasteiger partial charge is 0.463 e. The SMILES string of the molecule is CC(C)(C)N1C/C=C\CCC(=O)OC[C@H](c2ccccc2)NC(=O)[C@H]2[C@@H]3O[C@@]4(C=C3Br)[C@@H]2C(=O)N([C@H](CO)c2ccccc2)[C@@H]4C1=O. The van der Waals surface area contributed by atoms with E-state index in [1.165, 1.54) is 4.90 Å². The van der Waals surface area contributed by atoms with Crippen LogP contribution in [0.15, 0.2) is 83.4 Å². The lowest BCUT2D eigenvalue weighted by Gasteiger charge is -2.43. The standard InChI is InChI=1S/C36H40BrN3O7/c1-35(2,3)39-18-12-6-11-17-27(42)46-21-25(22-13-7-4-8-14-22)38-32(43)28-29-33(44)40(26(20-41)23-15-9-5-10-16-23)31(34(39)45)36(29)19-24(37)30(28)47-36/h4-10,12-16,19,25-26,28-31,41H,11,17-18,20-21H2,1-3H3,(H,38,43)/b12-6-/t25-,26-,28-,29+,30-,31-,36+/m1/s1. The Labute approximate surface area is 282 Å². The Morgan fingerprint density at radius 3 is 2.34 bits per heavy atom. The minimum atomic E-state index is -1.47. The Morgan fingerprint density at radius 2 is 1.68 bits per heavy atom. The number of benzene rings is 2. The van der Waals surface area contributed by atoms with Gasteiger partial charge in [-0.15, -0.1) is 0 Å². The number of nitrogens with zero attached hydrogens (tertiary/aromatic N) is 2. The van der Waals surface area contributed by atoms with E-state index in [9.17, 15) is 24.3 Å². The summed E-state index contributed by atoms with van der Waals surface area (Å²) >= 11 is 3.61. The third kappa shape index (κ3) is 5.93. The van der Waals surface area contributed by atoms with Crippen molar-refractivity contribution in [3.63, 3.8) is 0 Å². The first-order chi connectivity index (χ1) is 22.5. The predicted octanol–water partition coefficient (Wildman–Crippen LogP) is 3.97. The smallest absolute Gasteiger partial charge is 0.306 e. The van der Waals surface area contributed by atoms with Crippen LogP contribution in [0.3, 0.4) is 0 Å². The van der Waals surface area contributed by atoms with Gasteiger partial charge in [0.25, 0.3) is 0 Å². The minimum absolute atomic E-state index is 0.0943. The number of carbonyl (C=O) groups excluding carboxylic acids is 4. The minimum Gasteiger partial charge on any atom is -0.463 e. The van der Waals surface area contributed by atoms with E-state index in [0.717, 1.165) is 5.56 Å². The number of hydrogen-bond acceptors (Lipinski definition) is 7. The summed E-state index contributed by atoms with van der Waals surface area (Å²) in [5, 5.41) is 13.8. The molecule has 2 aromatic rings. The molecule has 2 fully saturated rings. The number of nitrogens with one attached hydrogen (secondary N) is 1. The lowest BCUT2D eigenvalue weighted by Crippen LogP contribution is -2.60. The molecule has 5 bridgehead atoms. The van der Waals surface area contributed by atoms with E-state index in [4.69, 9.17) is 9.47 Å². The van der Waals surface area contributed by atoms with Gasteiger partial charge in [-0.1, -0.05) is 88.7 Å². The second-order valence-electron chi connectivity index (χ2n) is 13.5. The van der Waals surface area contributed by atoms with Crippen LogP contribution >= 0.6 is 15.9 Å². The molecule has 4 aliphatic rings. The van der Waals surface area contributed by atoms with Crippen molar-refractivity contribution in [1.29, 1.82) is 0 Å². The number of likely N-dealkylation sites (tertiary alicyclic amines) is 1. The molecule has 10 nitrogen and oxygen atoms in total. The first-order valence-electron chi connectivity index (χ1n) is 16.0. The van der Waals surface area contributed by atoms with Gasteiger partial charge in [-0.3, -0.25) is 19.2 Å². The predicted molar refractivity (Wildman–Crippen MR) is 177 cm³/mol. The van der Waals surface area contributed by atoms with Crippen molar-refractivity contribution >= 4 is 39.6 Å². The van der Waals surface area contributed by atoms with Gasteiger partial charge in [-0.05, 0) is 44.4 Å². The summed E-state index contributed by atoms with van der Waals surface area (Å²) in [4.78, 5) is 60.0. The number of allylic oxidation sites excluding steroid dienone is 1. The van der Waals surface area contributed by atoms with Crippen molar-refractivity contribution in [3.8, 4) is 0 Å². The van der Waals surface area contributed by atoms with E-state index >= 15 is 0 Å². The van der Waals surface area contributed by atoms with Gasteiger partial charge in [-0.25, -0.2) is 0 Å². The molecule has 4 heterocycles. The van der Waals surface area contributed by atoms with E-state index in [0.29, 0.717) is 16.5 Å². The Kier molecular flexibility index (Phi) is 9.17. The highest BCUT2D eigenvalue weighted by atomic mass is 79.9. The summed E-state index contributed by atoms with van der Waals surface area (Å²) in [7, 11) is 0. The molecule has 2 N–H and O–H groups in total. The normalized spacial score (nSPS) is 31.3. The number of aliphatic hydroxyl groups excluding tert-OH is 1. The van der Waals surface area contributed by atoms with Gasteiger partial charge in [0.1, 0.15) is 24.4 Å². The molecule has 2 aromatic carbocycles.